The largest absolute Gasteiger partial charge is 0.297 e. The van der Waals surface area contributed by atoms with Gasteiger partial charge >= 0.3 is 0 Å². The first-order valence-corrected chi connectivity index (χ1v) is 9.13. The van der Waals surface area contributed by atoms with E-state index in [1.165, 1.54) is 0 Å². The summed E-state index contributed by atoms with van der Waals surface area (Å²) in [6, 6.07) is 14.3. The molecule has 1 aliphatic rings. The van der Waals surface area contributed by atoms with Crippen LogP contribution in [0.2, 0.25) is 0 Å². The first-order valence-electron chi connectivity index (χ1n) is 9.13. The zero-order valence-electron chi connectivity index (χ0n) is 15.0. The van der Waals surface area contributed by atoms with Crippen LogP contribution in [0.4, 0.5) is 0 Å². The summed E-state index contributed by atoms with van der Waals surface area (Å²) in [6.45, 7) is 4.51. The van der Waals surface area contributed by atoms with E-state index in [9.17, 15) is 0 Å². The van der Waals surface area contributed by atoms with Crippen molar-refractivity contribution in [3.8, 4) is 0 Å². The van der Waals surface area contributed by atoms with Gasteiger partial charge in [-0.3, -0.25) is 9.99 Å². The molecule has 0 saturated carbocycles. The second-order valence-electron chi connectivity index (χ2n) is 6.73. The van der Waals surface area contributed by atoms with Crippen molar-refractivity contribution < 1.29 is 0 Å². The summed E-state index contributed by atoms with van der Waals surface area (Å²) in [7, 11) is 0. The molecule has 0 saturated heterocycles. The molecular weight excluding hydrogens is 338 g/mol. The van der Waals surface area contributed by atoms with E-state index in [2.05, 4.69) is 50.5 Å². The molecule has 3 aromatic heterocycles. The number of hydrazone groups is 1. The molecule has 0 spiro atoms. The lowest BCUT2D eigenvalue weighted by atomic mass is 10.1. The summed E-state index contributed by atoms with van der Waals surface area (Å²) in [6.07, 6.45) is 3.78. The van der Waals surface area contributed by atoms with Crippen LogP contribution in [0.5, 0.6) is 0 Å². The third-order valence-electron chi connectivity index (χ3n) is 4.94. The fourth-order valence-corrected chi connectivity index (χ4v) is 3.45. The molecule has 4 heterocycles. The Kier molecular flexibility index (Phi) is 3.78. The van der Waals surface area contributed by atoms with E-state index in [4.69, 9.17) is 4.98 Å². The van der Waals surface area contributed by atoms with E-state index < -0.39 is 0 Å². The monoisotopic (exact) mass is 357 g/mol. The number of nitrogens with zero attached hydrogens (tertiary/aromatic N) is 7. The van der Waals surface area contributed by atoms with Crippen molar-refractivity contribution >= 4 is 28.3 Å². The van der Waals surface area contributed by atoms with E-state index in [1.807, 2.05) is 41.4 Å². The van der Waals surface area contributed by atoms with Crippen LogP contribution >= 0.6 is 0 Å². The summed E-state index contributed by atoms with van der Waals surface area (Å²) in [5.41, 5.74) is 4.76. The smallest absolute Gasteiger partial charge is 0.179 e. The van der Waals surface area contributed by atoms with Crippen molar-refractivity contribution in [1.29, 1.82) is 0 Å². The van der Waals surface area contributed by atoms with Gasteiger partial charge in [0.2, 0.25) is 0 Å². The standard InChI is InChI=1S/C20H19N7/c1-2-26-13-16(11-22-26)18-7-8-19-20(23-18)27(25-24-19)12-14-5-6-17-15(10-14)4-3-9-21-17/h3-11,16H,2,12-13H2,1H3. The molecule has 4 aromatic rings. The Labute approximate surface area is 156 Å². The van der Waals surface area contributed by atoms with Gasteiger partial charge < -0.3 is 0 Å². The molecule has 0 fully saturated rings. The van der Waals surface area contributed by atoms with Crippen LogP contribution in [0.3, 0.4) is 0 Å². The molecule has 0 amide bonds. The molecule has 7 heteroatoms. The maximum atomic E-state index is 4.85. The molecule has 1 aromatic carbocycles. The first kappa shape index (κ1) is 15.9. The van der Waals surface area contributed by atoms with Gasteiger partial charge in [0.1, 0.15) is 5.52 Å². The molecular formula is C20H19N7. The molecule has 27 heavy (non-hydrogen) atoms. The molecule has 1 unspecified atom stereocenters. The maximum absolute atomic E-state index is 4.85. The lowest BCUT2D eigenvalue weighted by Crippen LogP contribution is -2.17. The molecule has 0 bridgehead atoms. The Balaban J connectivity index is 1.47. The van der Waals surface area contributed by atoms with Gasteiger partial charge in [0.25, 0.3) is 0 Å². The highest BCUT2D eigenvalue weighted by Crippen LogP contribution is 2.21. The van der Waals surface area contributed by atoms with Crippen LogP contribution < -0.4 is 0 Å². The van der Waals surface area contributed by atoms with Gasteiger partial charge in [-0.05, 0) is 42.8 Å². The minimum Gasteiger partial charge on any atom is -0.297 e. The fourth-order valence-electron chi connectivity index (χ4n) is 3.45. The normalized spacial score (nSPS) is 16.6. The second-order valence-corrected chi connectivity index (χ2v) is 6.73. The molecule has 0 N–H and O–H groups in total. The van der Waals surface area contributed by atoms with Gasteiger partial charge in [-0.15, -0.1) is 5.10 Å². The lowest BCUT2D eigenvalue weighted by molar-refractivity contribution is 0.326. The molecule has 1 aliphatic heterocycles. The van der Waals surface area contributed by atoms with E-state index >= 15 is 0 Å². The maximum Gasteiger partial charge on any atom is 0.179 e. The molecule has 0 aliphatic carbocycles. The number of rotatable bonds is 4. The van der Waals surface area contributed by atoms with Crippen LogP contribution in [-0.2, 0) is 6.54 Å². The van der Waals surface area contributed by atoms with Crippen molar-refractivity contribution in [2.75, 3.05) is 13.1 Å². The highest BCUT2D eigenvalue weighted by Gasteiger charge is 2.20. The van der Waals surface area contributed by atoms with Crippen LogP contribution in [0, 0.1) is 0 Å². The van der Waals surface area contributed by atoms with Crippen molar-refractivity contribution in [3.63, 3.8) is 0 Å². The quantitative estimate of drug-likeness (QED) is 0.562. The predicted octanol–water partition coefficient (Wildman–Crippen LogP) is 2.83. The molecule has 134 valence electrons. The molecule has 5 rings (SSSR count). The number of likely N-dealkylation sites (N-methyl/N-ethyl adjacent to an activating group) is 1. The number of benzene rings is 1. The number of aromatic nitrogens is 5. The SMILES string of the molecule is CCN1CC(c2ccc3nnn(Cc4ccc5ncccc5c4)c3n2)C=N1. The van der Waals surface area contributed by atoms with Gasteiger partial charge in [0, 0.05) is 30.9 Å². The minimum absolute atomic E-state index is 0.212. The lowest BCUT2D eigenvalue weighted by Gasteiger charge is -2.13. The Hall–Kier alpha value is -3.35. The van der Waals surface area contributed by atoms with Gasteiger partial charge in [-0.2, -0.15) is 5.10 Å². The minimum atomic E-state index is 0.212. The zero-order valence-corrected chi connectivity index (χ0v) is 15.0. The van der Waals surface area contributed by atoms with E-state index in [0.29, 0.717) is 6.54 Å². The highest BCUT2D eigenvalue weighted by molar-refractivity contribution is 5.79. The van der Waals surface area contributed by atoms with Gasteiger partial charge in [0.15, 0.2) is 5.65 Å². The Bertz CT molecular complexity index is 1150. The van der Waals surface area contributed by atoms with E-state index in [0.717, 1.165) is 46.4 Å². The second kappa shape index (κ2) is 6.42. The summed E-state index contributed by atoms with van der Waals surface area (Å²) in [5, 5.41) is 16.2. The van der Waals surface area contributed by atoms with Crippen molar-refractivity contribution in [3.05, 3.63) is 59.9 Å². The van der Waals surface area contributed by atoms with Gasteiger partial charge in [-0.25, -0.2) is 9.67 Å². The number of fused-ring (bicyclic) bond motifs is 2. The van der Waals surface area contributed by atoms with Gasteiger partial charge in [0.05, 0.1) is 23.7 Å². The van der Waals surface area contributed by atoms with Crippen molar-refractivity contribution in [1.82, 2.24) is 30.0 Å². The molecule has 1 atom stereocenters. The molecule has 7 nitrogen and oxygen atoms in total. The summed E-state index contributed by atoms with van der Waals surface area (Å²) in [4.78, 5) is 9.23. The van der Waals surface area contributed by atoms with Crippen LogP contribution in [0.25, 0.3) is 22.1 Å². The highest BCUT2D eigenvalue weighted by atomic mass is 15.5. The summed E-state index contributed by atoms with van der Waals surface area (Å²) >= 11 is 0. The zero-order chi connectivity index (χ0) is 18.2. The fraction of sp³-hybridized carbons (Fsp3) is 0.250. The number of pyridine rings is 2. The van der Waals surface area contributed by atoms with Crippen molar-refractivity contribution in [2.24, 2.45) is 5.10 Å². The predicted molar refractivity (Wildman–Crippen MR) is 105 cm³/mol. The number of hydrogen-bond donors (Lipinski definition) is 0. The Morgan fingerprint density at radius 2 is 2.04 bits per heavy atom. The summed E-state index contributed by atoms with van der Waals surface area (Å²) < 4.78 is 1.86. The summed E-state index contributed by atoms with van der Waals surface area (Å²) in [5.74, 6) is 0.212. The van der Waals surface area contributed by atoms with Crippen LogP contribution in [-0.4, -0.2) is 49.3 Å². The van der Waals surface area contributed by atoms with Crippen LogP contribution in [0.1, 0.15) is 24.1 Å². The topological polar surface area (TPSA) is 72.1 Å². The third kappa shape index (κ3) is 2.91. The van der Waals surface area contributed by atoms with E-state index in [-0.39, 0.29) is 5.92 Å². The Morgan fingerprint density at radius 3 is 2.93 bits per heavy atom. The average molecular weight is 357 g/mol. The molecule has 0 radical (unpaired) electrons. The van der Waals surface area contributed by atoms with Gasteiger partial charge in [-0.1, -0.05) is 17.3 Å². The van der Waals surface area contributed by atoms with E-state index in [1.54, 1.807) is 0 Å². The Morgan fingerprint density at radius 1 is 1.11 bits per heavy atom. The average Bonchev–Trinajstić information content (AvgIpc) is 3.35. The first-order chi connectivity index (χ1) is 13.3. The number of hydrogen-bond acceptors (Lipinski definition) is 6. The third-order valence-corrected chi connectivity index (χ3v) is 4.94. The van der Waals surface area contributed by atoms with Crippen LogP contribution in [0.15, 0.2) is 53.8 Å². The van der Waals surface area contributed by atoms with Crippen molar-refractivity contribution in [2.45, 2.75) is 19.4 Å².